The molecule has 9 heteroatoms. The largest absolute Gasteiger partial charge is 0.345 e. The van der Waals surface area contributed by atoms with Crippen molar-refractivity contribution in [2.75, 3.05) is 27.2 Å². The van der Waals surface area contributed by atoms with E-state index in [-0.39, 0.29) is 17.7 Å². The van der Waals surface area contributed by atoms with Crippen LogP contribution in [0.2, 0.25) is 0 Å². The highest BCUT2D eigenvalue weighted by atomic mass is 16.2. The lowest BCUT2D eigenvalue weighted by Gasteiger charge is -2.16. The van der Waals surface area contributed by atoms with Gasteiger partial charge >= 0.3 is 0 Å². The molecule has 1 saturated heterocycles. The van der Waals surface area contributed by atoms with Crippen molar-refractivity contribution in [3.05, 3.63) is 53.5 Å². The van der Waals surface area contributed by atoms with Gasteiger partial charge < -0.3 is 9.80 Å². The quantitative estimate of drug-likeness (QED) is 0.677. The molecule has 3 aromatic rings. The van der Waals surface area contributed by atoms with E-state index < -0.39 is 0 Å². The second kappa shape index (κ2) is 6.99. The molecule has 1 aliphatic rings. The first kappa shape index (κ1) is 18.0. The van der Waals surface area contributed by atoms with E-state index in [2.05, 4.69) is 20.1 Å². The molecule has 9 nitrogen and oxygen atoms in total. The lowest BCUT2D eigenvalue weighted by molar-refractivity contribution is 0.0783. The Hall–Kier alpha value is -3.36. The number of carbonyl (C=O) groups excluding carboxylic acids is 2. The third-order valence-corrected chi connectivity index (χ3v) is 4.96. The van der Waals surface area contributed by atoms with Crippen LogP contribution in [0.5, 0.6) is 0 Å². The summed E-state index contributed by atoms with van der Waals surface area (Å²) in [7, 11) is 3.40. The maximum Gasteiger partial charge on any atom is 0.274 e. The molecule has 4 heterocycles. The summed E-state index contributed by atoms with van der Waals surface area (Å²) in [6, 6.07) is 1.90. The average Bonchev–Trinajstić information content (AvgIpc) is 3.34. The first-order valence-corrected chi connectivity index (χ1v) is 9.08. The Kier molecular flexibility index (Phi) is 4.50. The predicted octanol–water partition coefficient (Wildman–Crippen LogP) is 1.16. The van der Waals surface area contributed by atoms with Gasteiger partial charge in [-0.1, -0.05) is 0 Å². The van der Waals surface area contributed by atoms with Crippen molar-refractivity contribution >= 4 is 17.5 Å². The molecule has 1 aliphatic heterocycles. The smallest absolute Gasteiger partial charge is 0.274 e. The molecule has 0 aliphatic carbocycles. The minimum absolute atomic E-state index is 0.107. The van der Waals surface area contributed by atoms with Crippen molar-refractivity contribution in [1.82, 2.24) is 34.4 Å². The van der Waals surface area contributed by atoms with Crippen LogP contribution in [-0.4, -0.2) is 73.4 Å². The van der Waals surface area contributed by atoms with Crippen molar-refractivity contribution in [1.29, 1.82) is 0 Å². The van der Waals surface area contributed by atoms with Crippen LogP contribution in [0.4, 0.5) is 0 Å². The second-order valence-corrected chi connectivity index (χ2v) is 7.14. The summed E-state index contributed by atoms with van der Waals surface area (Å²) < 4.78 is 1.71. The van der Waals surface area contributed by atoms with Gasteiger partial charge in [0, 0.05) is 45.5 Å². The number of hydrogen-bond acceptors (Lipinski definition) is 6. The summed E-state index contributed by atoms with van der Waals surface area (Å²) in [5, 5.41) is 4.39. The highest BCUT2D eigenvalue weighted by molar-refractivity contribution is 5.99. The van der Waals surface area contributed by atoms with Crippen LogP contribution in [0.1, 0.15) is 44.6 Å². The summed E-state index contributed by atoms with van der Waals surface area (Å²) in [6.07, 6.45) is 7.16. The molecule has 1 atom stereocenters. The molecular formula is C19H21N7O2. The maximum atomic E-state index is 12.7. The zero-order valence-electron chi connectivity index (χ0n) is 16.0. The number of fused-ring (bicyclic) bond motifs is 1. The Morgan fingerprint density at radius 3 is 2.68 bits per heavy atom. The third kappa shape index (κ3) is 3.08. The van der Waals surface area contributed by atoms with E-state index in [1.807, 2.05) is 13.0 Å². The van der Waals surface area contributed by atoms with Gasteiger partial charge in [-0.3, -0.25) is 14.6 Å². The fourth-order valence-electron chi connectivity index (χ4n) is 3.46. The molecule has 0 radical (unpaired) electrons. The molecule has 3 aromatic heterocycles. The molecule has 0 spiro atoms. The first-order chi connectivity index (χ1) is 13.5. The number of rotatable bonds is 3. The molecule has 4 rings (SSSR count). The van der Waals surface area contributed by atoms with Gasteiger partial charge in [0.2, 0.25) is 0 Å². The van der Waals surface area contributed by atoms with Crippen LogP contribution >= 0.6 is 0 Å². The molecule has 0 bridgehead atoms. The van der Waals surface area contributed by atoms with E-state index in [9.17, 15) is 9.59 Å². The van der Waals surface area contributed by atoms with Crippen molar-refractivity contribution in [2.45, 2.75) is 19.3 Å². The molecule has 1 unspecified atom stereocenters. The van der Waals surface area contributed by atoms with E-state index in [0.717, 1.165) is 17.8 Å². The number of aryl methyl sites for hydroxylation is 1. The zero-order chi connectivity index (χ0) is 19.8. The Labute approximate surface area is 162 Å². The Morgan fingerprint density at radius 2 is 1.96 bits per heavy atom. The van der Waals surface area contributed by atoms with Crippen molar-refractivity contribution in [3.63, 3.8) is 0 Å². The van der Waals surface area contributed by atoms with E-state index in [4.69, 9.17) is 0 Å². The zero-order valence-corrected chi connectivity index (χ0v) is 16.0. The molecule has 0 N–H and O–H groups in total. The number of hydrogen-bond donors (Lipinski definition) is 0. The van der Waals surface area contributed by atoms with Gasteiger partial charge in [0.05, 0.1) is 23.8 Å². The molecule has 144 valence electrons. The van der Waals surface area contributed by atoms with Gasteiger partial charge in [0.1, 0.15) is 11.3 Å². The van der Waals surface area contributed by atoms with E-state index in [1.54, 1.807) is 42.1 Å². The van der Waals surface area contributed by atoms with Crippen LogP contribution in [0, 0.1) is 6.92 Å². The van der Waals surface area contributed by atoms with Crippen molar-refractivity contribution < 1.29 is 9.59 Å². The lowest BCUT2D eigenvalue weighted by Crippen LogP contribution is -2.29. The monoisotopic (exact) mass is 379 g/mol. The standard InChI is InChI=1S/C19H21N7O2/c1-12-8-22-15(10-21-12)19(28)25-7-5-13(11-25)16-4-6-20-17-14(9-23-26(16)17)18(27)24(2)3/h4,6,8-10,13H,5,7,11H2,1-3H3. The normalized spacial score (nSPS) is 16.5. The number of amides is 2. The fourth-order valence-corrected chi connectivity index (χ4v) is 3.46. The topological polar surface area (TPSA) is 96.6 Å². The third-order valence-electron chi connectivity index (χ3n) is 4.96. The van der Waals surface area contributed by atoms with Gasteiger partial charge in [0.25, 0.3) is 11.8 Å². The van der Waals surface area contributed by atoms with Gasteiger partial charge in [0.15, 0.2) is 5.65 Å². The van der Waals surface area contributed by atoms with Crippen LogP contribution in [-0.2, 0) is 0 Å². The second-order valence-electron chi connectivity index (χ2n) is 7.14. The summed E-state index contributed by atoms with van der Waals surface area (Å²) in [5.74, 6) is -0.153. The van der Waals surface area contributed by atoms with Gasteiger partial charge in [-0.05, 0) is 19.4 Å². The van der Waals surface area contributed by atoms with E-state index >= 15 is 0 Å². The fraction of sp³-hybridized carbons (Fsp3) is 0.368. The predicted molar refractivity (Wildman–Crippen MR) is 101 cm³/mol. The molecule has 2 amide bonds. The minimum Gasteiger partial charge on any atom is -0.345 e. The minimum atomic E-state index is -0.138. The SMILES string of the molecule is Cc1cnc(C(=O)N2CCC(c3ccnc4c(C(=O)N(C)C)cnn34)C2)cn1. The summed E-state index contributed by atoms with van der Waals surface area (Å²) >= 11 is 0. The van der Waals surface area contributed by atoms with E-state index in [0.29, 0.717) is 30.0 Å². The number of carbonyl (C=O) groups is 2. The lowest BCUT2D eigenvalue weighted by atomic mass is 10.0. The van der Waals surface area contributed by atoms with Crippen LogP contribution < -0.4 is 0 Å². The number of aromatic nitrogens is 5. The summed E-state index contributed by atoms with van der Waals surface area (Å²) in [5.41, 5.74) is 3.06. The summed E-state index contributed by atoms with van der Waals surface area (Å²) in [6.45, 7) is 3.03. The molecular weight excluding hydrogens is 358 g/mol. The summed E-state index contributed by atoms with van der Waals surface area (Å²) in [4.78, 5) is 41.0. The number of likely N-dealkylation sites (tertiary alicyclic amines) is 1. The highest BCUT2D eigenvalue weighted by Gasteiger charge is 2.31. The Balaban J connectivity index is 1.59. The van der Waals surface area contributed by atoms with Crippen LogP contribution in [0.15, 0.2) is 30.9 Å². The molecule has 1 fully saturated rings. The maximum absolute atomic E-state index is 12.7. The van der Waals surface area contributed by atoms with Crippen molar-refractivity contribution in [3.8, 4) is 0 Å². The van der Waals surface area contributed by atoms with Crippen molar-refractivity contribution in [2.24, 2.45) is 0 Å². The average molecular weight is 379 g/mol. The Morgan fingerprint density at radius 1 is 1.14 bits per heavy atom. The Bertz CT molecular complexity index is 1040. The van der Waals surface area contributed by atoms with Gasteiger partial charge in [-0.2, -0.15) is 5.10 Å². The molecule has 0 saturated carbocycles. The van der Waals surface area contributed by atoms with Crippen LogP contribution in [0.25, 0.3) is 5.65 Å². The first-order valence-electron chi connectivity index (χ1n) is 9.08. The van der Waals surface area contributed by atoms with Gasteiger partial charge in [-0.25, -0.2) is 14.5 Å². The molecule has 28 heavy (non-hydrogen) atoms. The molecule has 0 aromatic carbocycles. The van der Waals surface area contributed by atoms with Crippen LogP contribution in [0.3, 0.4) is 0 Å². The van der Waals surface area contributed by atoms with E-state index in [1.165, 1.54) is 11.1 Å². The number of nitrogens with zero attached hydrogens (tertiary/aromatic N) is 7. The highest BCUT2D eigenvalue weighted by Crippen LogP contribution is 2.28. The van der Waals surface area contributed by atoms with Gasteiger partial charge in [-0.15, -0.1) is 0 Å².